The van der Waals surface area contributed by atoms with Crippen LogP contribution in [0.5, 0.6) is 0 Å². The van der Waals surface area contributed by atoms with Gasteiger partial charge in [0.05, 0.1) is 5.52 Å². The zero-order valence-electron chi connectivity index (χ0n) is 9.10. The van der Waals surface area contributed by atoms with Crippen molar-refractivity contribution >= 4 is 22.7 Å². The van der Waals surface area contributed by atoms with E-state index in [4.69, 9.17) is 5.73 Å². The Morgan fingerprint density at radius 3 is 2.59 bits per heavy atom. The molecule has 17 heavy (non-hydrogen) atoms. The molecule has 86 valence electrons. The minimum Gasteiger partial charge on any atom is -0.363 e. The van der Waals surface area contributed by atoms with E-state index in [0.29, 0.717) is 10.9 Å². The molecule has 0 saturated carbocycles. The van der Waals surface area contributed by atoms with Gasteiger partial charge in [-0.05, 0) is 6.07 Å². The number of amides is 2. The van der Waals surface area contributed by atoms with Crippen LogP contribution in [0.25, 0.3) is 10.9 Å². The molecule has 1 aromatic carbocycles. The molecule has 0 atom stereocenters. The number of para-hydroxylation sites is 1. The van der Waals surface area contributed by atoms with Crippen LogP contribution in [0.3, 0.4) is 0 Å². The quantitative estimate of drug-likeness (QED) is 0.763. The number of hydrogen-bond acceptors (Lipinski definition) is 4. The molecule has 0 aliphatic heterocycles. The molecule has 0 aliphatic carbocycles. The summed E-state index contributed by atoms with van der Waals surface area (Å²) in [4.78, 5) is 30.6. The molecule has 0 radical (unpaired) electrons. The maximum atomic E-state index is 11.6. The Kier molecular flexibility index (Phi) is 2.70. The van der Waals surface area contributed by atoms with Gasteiger partial charge in [0.1, 0.15) is 5.69 Å². The molecule has 3 N–H and O–H groups in total. The summed E-state index contributed by atoms with van der Waals surface area (Å²) in [6.07, 6.45) is 0. The van der Waals surface area contributed by atoms with Gasteiger partial charge in [0.15, 0.2) is 0 Å². The molecule has 0 unspecified atom stereocenters. The number of carbonyl (C=O) groups excluding carboxylic acids is 2. The zero-order valence-corrected chi connectivity index (χ0v) is 9.10. The van der Waals surface area contributed by atoms with Crippen molar-refractivity contribution in [2.45, 2.75) is 0 Å². The molecular weight excluding hydrogens is 220 g/mol. The second-order valence-corrected chi connectivity index (χ2v) is 3.36. The number of fused-ring (bicyclic) bond motifs is 1. The molecular formula is C11H10N4O2. The smallest absolute Gasteiger partial charge is 0.286 e. The lowest BCUT2D eigenvalue weighted by Crippen LogP contribution is -2.23. The first-order valence-corrected chi connectivity index (χ1v) is 4.92. The van der Waals surface area contributed by atoms with Crippen molar-refractivity contribution in [3.63, 3.8) is 0 Å². The van der Waals surface area contributed by atoms with Crippen molar-refractivity contribution < 1.29 is 9.59 Å². The van der Waals surface area contributed by atoms with Crippen LogP contribution in [-0.4, -0.2) is 28.8 Å². The molecule has 2 rings (SSSR count). The summed E-state index contributed by atoms with van der Waals surface area (Å²) in [5, 5.41) is 3.04. The highest BCUT2D eigenvalue weighted by molar-refractivity contribution is 6.05. The molecule has 6 heteroatoms. The fourth-order valence-corrected chi connectivity index (χ4v) is 1.48. The minimum absolute atomic E-state index is 0.145. The third-order valence-corrected chi connectivity index (χ3v) is 2.27. The molecule has 0 fully saturated rings. The van der Waals surface area contributed by atoms with E-state index < -0.39 is 5.91 Å². The summed E-state index contributed by atoms with van der Waals surface area (Å²) >= 11 is 0. The number of nitrogens with one attached hydrogen (secondary N) is 1. The number of primary amides is 1. The number of nitrogens with two attached hydrogens (primary N) is 1. The lowest BCUT2D eigenvalue weighted by Gasteiger charge is -2.05. The zero-order chi connectivity index (χ0) is 12.4. The van der Waals surface area contributed by atoms with Crippen molar-refractivity contribution in [3.05, 3.63) is 35.8 Å². The molecule has 1 heterocycles. The predicted octanol–water partition coefficient (Wildman–Crippen LogP) is 0.0883. The molecule has 0 bridgehead atoms. The minimum atomic E-state index is -0.763. The summed E-state index contributed by atoms with van der Waals surface area (Å²) in [6.45, 7) is 0. The van der Waals surface area contributed by atoms with E-state index in [1.165, 1.54) is 7.05 Å². The number of aromatic nitrogens is 2. The van der Waals surface area contributed by atoms with Crippen LogP contribution in [0.4, 0.5) is 0 Å². The highest BCUT2D eigenvalue weighted by Crippen LogP contribution is 2.15. The van der Waals surface area contributed by atoms with Gasteiger partial charge in [0.2, 0.25) is 5.82 Å². The third kappa shape index (κ3) is 1.92. The highest BCUT2D eigenvalue weighted by atomic mass is 16.2. The average molecular weight is 230 g/mol. The van der Waals surface area contributed by atoms with Gasteiger partial charge in [-0.2, -0.15) is 0 Å². The van der Waals surface area contributed by atoms with Gasteiger partial charge in [0, 0.05) is 12.4 Å². The topological polar surface area (TPSA) is 98.0 Å². The van der Waals surface area contributed by atoms with Crippen molar-refractivity contribution in [1.82, 2.24) is 15.3 Å². The Balaban J connectivity index is 2.78. The van der Waals surface area contributed by atoms with E-state index in [9.17, 15) is 9.59 Å². The Hall–Kier alpha value is -2.50. The Labute approximate surface area is 96.9 Å². The van der Waals surface area contributed by atoms with Gasteiger partial charge in [-0.3, -0.25) is 9.59 Å². The summed E-state index contributed by atoms with van der Waals surface area (Å²) in [6, 6.07) is 6.93. The Morgan fingerprint density at radius 1 is 1.24 bits per heavy atom. The molecule has 0 spiro atoms. The molecule has 0 aliphatic rings. The van der Waals surface area contributed by atoms with Gasteiger partial charge in [-0.25, -0.2) is 9.97 Å². The van der Waals surface area contributed by atoms with E-state index in [2.05, 4.69) is 15.3 Å². The van der Waals surface area contributed by atoms with Crippen LogP contribution in [0.2, 0.25) is 0 Å². The van der Waals surface area contributed by atoms with Gasteiger partial charge in [0.25, 0.3) is 11.8 Å². The first-order chi connectivity index (χ1) is 8.13. The fraction of sp³-hybridized carbons (Fsp3) is 0.0909. The van der Waals surface area contributed by atoms with Crippen LogP contribution in [-0.2, 0) is 0 Å². The highest BCUT2D eigenvalue weighted by Gasteiger charge is 2.15. The van der Waals surface area contributed by atoms with E-state index >= 15 is 0 Å². The van der Waals surface area contributed by atoms with E-state index in [1.807, 2.05) is 0 Å². The second kappa shape index (κ2) is 4.17. The average Bonchev–Trinajstić information content (AvgIpc) is 2.36. The van der Waals surface area contributed by atoms with Gasteiger partial charge in [-0.1, -0.05) is 18.2 Å². The number of hydrogen-bond donors (Lipinski definition) is 2. The van der Waals surface area contributed by atoms with Crippen LogP contribution >= 0.6 is 0 Å². The maximum Gasteiger partial charge on any atom is 0.286 e. The van der Waals surface area contributed by atoms with E-state index in [0.717, 1.165) is 0 Å². The number of carbonyl (C=O) groups is 2. The van der Waals surface area contributed by atoms with Gasteiger partial charge < -0.3 is 11.1 Å². The maximum absolute atomic E-state index is 11.6. The molecule has 6 nitrogen and oxygen atoms in total. The van der Waals surface area contributed by atoms with Crippen LogP contribution in [0.1, 0.15) is 21.1 Å². The van der Waals surface area contributed by atoms with E-state index in [1.54, 1.807) is 24.3 Å². The summed E-state index contributed by atoms with van der Waals surface area (Å²) in [7, 11) is 1.49. The van der Waals surface area contributed by atoms with Crippen molar-refractivity contribution in [1.29, 1.82) is 0 Å². The molecule has 2 amide bonds. The first-order valence-electron chi connectivity index (χ1n) is 4.92. The van der Waals surface area contributed by atoms with Crippen molar-refractivity contribution in [2.75, 3.05) is 7.05 Å². The van der Waals surface area contributed by atoms with Gasteiger partial charge >= 0.3 is 0 Å². The summed E-state index contributed by atoms with van der Waals surface area (Å²) < 4.78 is 0. The standard InChI is InChI=1S/C11H10N4O2/c1-13-11(17)8-6-4-2-3-5-7(6)14-10(15-8)9(12)16/h2-5H,1H3,(H2,12,16)(H,13,17). The second-order valence-electron chi connectivity index (χ2n) is 3.36. The normalized spacial score (nSPS) is 10.2. The number of nitrogens with zero attached hydrogens (tertiary/aromatic N) is 2. The largest absolute Gasteiger partial charge is 0.363 e. The summed E-state index contributed by atoms with van der Waals surface area (Å²) in [5.74, 6) is -1.31. The van der Waals surface area contributed by atoms with Crippen molar-refractivity contribution in [2.24, 2.45) is 5.73 Å². The van der Waals surface area contributed by atoms with E-state index in [-0.39, 0.29) is 17.4 Å². The molecule has 0 saturated heterocycles. The Morgan fingerprint density at radius 2 is 1.94 bits per heavy atom. The van der Waals surface area contributed by atoms with Gasteiger partial charge in [-0.15, -0.1) is 0 Å². The summed E-state index contributed by atoms with van der Waals surface area (Å²) in [5.41, 5.74) is 5.77. The monoisotopic (exact) mass is 230 g/mol. The van der Waals surface area contributed by atoms with Crippen LogP contribution < -0.4 is 11.1 Å². The lowest BCUT2D eigenvalue weighted by atomic mass is 10.1. The van der Waals surface area contributed by atoms with Crippen LogP contribution in [0.15, 0.2) is 24.3 Å². The van der Waals surface area contributed by atoms with Crippen LogP contribution in [0, 0.1) is 0 Å². The number of benzene rings is 1. The predicted molar refractivity (Wildman–Crippen MR) is 61.4 cm³/mol. The first kappa shape index (κ1) is 11.0. The molecule has 2 aromatic rings. The van der Waals surface area contributed by atoms with Crippen molar-refractivity contribution in [3.8, 4) is 0 Å². The Bertz CT molecular complexity index is 609. The SMILES string of the molecule is CNC(=O)c1nc(C(N)=O)nc2ccccc12. The fourth-order valence-electron chi connectivity index (χ4n) is 1.48. The molecule has 1 aromatic heterocycles. The number of rotatable bonds is 2. The lowest BCUT2D eigenvalue weighted by molar-refractivity contribution is 0.0959. The third-order valence-electron chi connectivity index (χ3n) is 2.27.